The maximum atomic E-state index is 13.9. The van der Waals surface area contributed by atoms with E-state index >= 15 is 0 Å². The van der Waals surface area contributed by atoms with Crippen LogP contribution in [-0.2, 0) is 26.2 Å². The number of hydrogen-bond donors (Lipinski definition) is 1. The number of rotatable bonds is 10. The molecule has 0 saturated carbocycles. The Balaban J connectivity index is 2.09. The molecule has 3 rings (SSSR count). The van der Waals surface area contributed by atoms with Crippen molar-refractivity contribution in [1.82, 2.24) is 10.2 Å². The molecule has 202 valence electrons. The van der Waals surface area contributed by atoms with Crippen LogP contribution in [0.25, 0.3) is 0 Å². The molecule has 0 spiro atoms. The van der Waals surface area contributed by atoms with Crippen molar-refractivity contribution in [3.8, 4) is 0 Å². The minimum Gasteiger partial charge on any atom is -0.357 e. The summed E-state index contributed by atoms with van der Waals surface area (Å²) in [5, 5.41) is 2.58. The van der Waals surface area contributed by atoms with Crippen molar-refractivity contribution in [1.29, 1.82) is 0 Å². The molecule has 2 amide bonds. The fourth-order valence-corrected chi connectivity index (χ4v) is 5.79. The third-order valence-corrected chi connectivity index (χ3v) is 8.18. The molecule has 0 saturated heterocycles. The molecule has 1 atom stereocenters. The van der Waals surface area contributed by atoms with Gasteiger partial charge in [-0.15, -0.1) is 0 Å². The number of sulfonamides is 1. The van der Waals surface area contributed by atoms with Gasteiger partial charge in [-0.3, -0.25) is 13.9 Å². The van der Waals surface area contributed by atoms with Crippen LogP contribution in [0.5, 0.6) is 0 Å². The molecule has 0 aromatic heterocycles. The zero-order chi connectivity index (χ0) is 28.0. The second-order valence-electron chi connectivity index (χ2n) is 9.30. The normalized spacial score (nSPS) is 12.1. The van der Waals surface area contributed by atoms with Gasteiger partial charge < -0.3 is 10.2 Å². The molecule has 0 aliphatic carbocycles. The summed E-state index contributed by atoms with van der Waals surface area (Å²) < 4.78 is 42.4. The van der Waals surface area contributed by atoms with Crippen LogP contribution in [0.15, 0.2) is 71.6 Å². The summed E-state index contributed by atoms with van der Waals surface area (Å²) in [5.41, 5.74) is 3.53. The van der Waals surface area contributed by atoms with E-state index in [0.29, 0.717) is 23.2 Å². The first-order chi connectivity index (χ1) is 18.0. The van der Waals surface area contributed by atoms with Crippen molar-refractivity contribution in [3.63, 3.8) is 0 Å². The predicted molar refractivity (Wildman–Crippen MR) is 147 cm³/mol. The average Bonchev–Trinajstić information content (AvgIpc) is 2.88. The number of halogens is 1. The maximum Gasteiger partial charge on any atom is 0.264 e. The number of carbonyl (C=O) groups excluding carboxylic acids is 2. The standard InChI is InChI=1S/C29H34FN3O4S/c1-6-26(29(35)31-5)32(18-23-10-12-24(30)13-11-23)28(34)19-33(27-16-9-21(3)17-22(27)4)38(36,37)25-14-7-20(2)8-15-25/h7-17,26H,6,18-19H2,1-5H3,(H,31,35)/t26-/m0/s1. The number of anilines is 1. The van der Waals surface area contributed by atoms with Crippen LogP contribution in [0.4, 0.5) is 10.1 Å². The van der Waals surface area contributed by atoms with E-state index in [9.17, 15) is 22.4 Å². The summed E-state index contributed by atoms with van der Waals surface area (Å²) in [4.78, 5) is 28.0. The molecule has 0 aliphatic rings. The van der Waals surface area contributed by atoms with Crippen molar-refractivity contribution >= 4 is 27.5 Å². The number of hydrogen-bond acceptors (Lipinski definition) is 4. The van der Waals surface area contributed by atoms with Gasteiger partial charge in [-0.25, -0.2) is 12.8 Å². The van der Waals surface area contributed by atoms with Gasteiger partial charge in [-0.05, 0) is 68.7 Å². The lowest BCUT2D eigenvalue weighted by Gasteiger charge is -2.33. The summed E-state index contributed by atoms with van der Waals surface area (Å²) in [6, 6.07) is 16.6. The second-order valence-corrected chi connectivity index (χ2v) is 11.2. The third kappa shape index (κ3) is 6.58. The molecule has 3 aromatic carbocycles. The van der Waals surface area contributed by atoms with Crippen molar-refractivity contribution in [2.75, 3.05) is 17.9 Å². The summed E-state index contributed by atoms with van der Waals surface area (Å²) in [5.74, 6) is -1.35. The highest BCUT2D eigenvalue weighted by atomic mass is 32.2. The monoisotopic (exact) mass is 539 g/mol. The zero-order valence-corrected chi connectivity index (χ0v) is 23.2. The van der Waals surface area contributed by atoms with E-state index in [1.165, 1.54) is 48.3 Å². The van der Waals surface area contributed by atoms with Gasteiger partial charge in [0.1, 0.15) is 18.4 Å². The van der Waals surface area contributed by atoms with Gasteiger partial charge in [0.25, 0.3) is 10.0 Å². The van der Waals surface area contributed by atoms with E-state index in [-0.39, 0.29) is 17.3 Å². The average molecular weight is 540 g/mol. The van der Waals surface area contributed by atoms with Crippen LogP contribution in [-0.4, -0.2) is 44.8 Å². The predicted octanol–water partition coefficient (Wildman–Crippen LogP) is 4.50. The second kappa shape index (κ2) is 12.2. The number of likely N-dealkylation sites (N-methyl/N-ethyl adjacent to an activating group) is 1. The Morgan fingerprint density at radius 2 is 1.53 bits per heavy atom. The van der Waals surface area contributed by atoms with E-state index in [0.717, 1.165) is 15.4 Å². The summed E-state index contributed by atoms with van der Waals surface area (Å²) in [6.45, 7) is 6.82. The maximum absolute atomic E-state index is 13.9. The van der Waals surface area contributed by atoms with Crippen LogP contribution in [0, 0.1) is 26.6 Å². The molecule has 0 aliphatic heterocycles. The summed E-state index contributed by atoms with van der Waals surface area (Å²) in [7, 11) is -2.65. The Labute approximate surface area is 224 Å². The minimum absolute atomic E-state index is 0.0103. The molecule has 0 bridgehead atoms. The fraction of sp³-hybridized carbons (Fsp3) is 0.310. The topological polar surface area (TPSA) is 86.8 Å². The van der Waals surface area contributed by atoms with Crippen LogP contribution >= 0.6 is 0 Å². The molecule has 0 unspecified atom stereocenters. The highest BCUT2D eigenvalue weighted by molar-refractivity contribution is 7.92. The molecular weight excluding hydrogens is 505 g/mol. The molecule has 0 radical (unpaired) electrons. The number of amides is 2. The molecular formula is C29H34FN3O4S. The number of benzene rings is 3. The molecule has 7 nitrogen and oxygen atoms in total. The zero-order valence-electron chi connectivity index (χ0n) is 22.4. The van der Waals surface area contributed by atoms with E-state index in [1.54, 1.807) is 38.1 Å². The van der Waals surface area contributed by atoms with Crippen LogP contribution in [0.2, 0.25) is 0 Å². The molecule has 1 N–H and O–H groups in total. The molecule has 0 heterocycles. The van der Waals surface area contributed by atoms with Gasteiger partial charge in [0, 0.05) is 13.6 Å². The lowest BCUT2D eigenvalue weighted by Crippen LogP contribution is -2.51. The Hall–Kier alpha value is -3.72. The number of nitrogens with one attached hydrogen (secondary N) is 1. The quantitative estimate of drug-likeness (QED) is 0.411. The van der Waals surface area contributed by atoms with Crippen molar-refractivity contribution in [2.24, 2.45) is 0 Å². The SMILES string of the molecule is CC[C@@H](C(=O)NC)N(Cc1ccc(F)cc1)C(=O)CN(c1ccc(C)cc1C)S(=O)(=O)c1ccc(C)cc1. The Morgan fingerprint density at radius 3 is 2.08 bits per heavy atom. The Kier molecular flexibility index (Phi) is 9.27. The van der Waals surface area contributed by atoms with Gasteiger partial charge in [-0.1, -0.05) is 54.4 Å². The minimum atomic E-state index is -4.14. The first kappa shape index (κ1) is 28.8. The van der Waals surface area contributed by atoms with Gasteiger partial charge >= 0.3 is 0 Å². The molecule has 3 aromatic rings. The fourth-order valence-electron chi connectivity index (χ4n) is 4.31. The number of carbonyl (C=O) groups is 2. The van der Waals surface area contributed by atoms with Gasteiger partial charge in [0.2, 0.25) is 11.8 Å². The largest absolute Gasteiger partial charge is 0.357 e. The first-order valence-electron chi connectivity index (χ1n) is 12.4. The van der Waals surface area contributed by atoms with Crippen molar-refractivity contribution in [3.05, 3.63) is 94.8 Å². The van der Waals surface area contributed by atoms with E-state index in [4.69, 9.17) is 0 Å². The van der Waals surface area contributed by atoms with Crippen LogP contribution < -0.4 is 9.62 Å². The summed E-state index contributed by atoms with van der Waals surface area (Å²) in [6.07, 6.45) is 0.306. The third-order valence-electron chi connectivity index (χ3n) is 6.41. The first-order valence-corrected chi connectivity index (χ1v) is 13.8. The van der Waals surface area contributed by atoms with Crippen molar-refractivity contribution < 1.29 is 22.4 Å². The highest BCUT2D eigenvalue weighted by Gasteiger charge is 2.33. The highest BCUT2D eigenvalue weighted by Crippen LogP contribution is 2.28. The van der Waals surface area contributed by atoms with E-state index in [2.05, 4.69) is 5.32 Å². The lowest BCUT2D eigenvalue weighted by atomic mass is 10.1. The number of aryl methyl sites for hydroxylation is 3. The van der Waals surface area contributed by atoms with Crippen molar-refractivity contribution in [2.45, 2.75) is 51.6 Å². The molecule has 0 fully saturated rings. The van der Waals surface area contributed by atoms with E-state index in [1.807, 2.05) is 19.9 Å². The summed E-state index contributed by atoms with van der Waals surface area (Å²) >= 11 is 0. The number of nitrogens with zero attached hydrogens (tertiary/aromatic N) is 2. The Morgan fingerprint density at radius 1 is 0.921 bits per heavy atom. The van der Waals surface area contributed by atoms with Gasteiger partial charge in [0.15, 0.2) is 0 Å². The smallest absolute Gasteiger partial charge is 0.264 e. The van der Waals surface area contributed by atoms with Crippen LogP contribution in [0.3, 0.4) is 0 Å². The van der Waals surface area contributed by atoms with Gasteiger partial charge in [0.05, 0.1) is 10.6 Å². The van der Waals surface area contributed by atoms with E-state index < -0.39 is 34.3 Å². The molecule has 38 heavy (non-hydrogen) atoms. The molecule has 9 heteroatoms. The lowest BCUT2D eigenvalue weighted by molar-refractivity contribution is -0.140. The van der Waals surface area contributed by atoms with Gasteiger partial charge in [-0.2, -0.15) is 0 Å². The Bertz CT molecular complexity index is 1390. The van der Waals surface area contributed by atoms with Crippen LogP contribution in [0.1, 0.15) is 35.6 Å².